The standard InChI is InChI=1S/C8H15NO4/c9-7(5-12)8(13)2-1-6(3-10)4-11/h3,6-7,11-12H,1-2,4-5,9H2. The van der Waals surface area contributed by atoms with Crippen LogP contribution in [-0.4, -0.2) is 41.5 Å². The van der Waals surface area contributed by atoms with Crippen LogP contribution in [0.3, 0.4) is 0 Å². The molecule has 0 aliphatic carbocycles. The Balaban J connectivity index is 3.74. The molecule has 0 fully saturated rings. The predicted octanol–water partition coefficient (Wildman–Crippen LogP) is -1.54. The molecule has 0 rings (SSSR count). The molecule has 0 aromatic heterocycles. The summed E-state index contributed by atoms with van der Waals surface area (Å²) in [5, 5.41) is 17.1. The van der Waals surface area contributed by atoms with Crippen molar-refractivity contribution in [1.29, 1.82) is 0 Å². The van der Waals surface area contributed by atoms with Crippen LogP contribution in [0.5, 0.6) is 0 Å². The highest BCUT2D eigenvalue weighted by Crippen LogP contribution is 2.04. The van der Waals surface area contributed by atoms with Gasteiger partial charge in [0.05, 0.1) is 19.3 Å². The van der Waals surface area contributed by atoms with E-state index in [-0.39, 0.29) is 31.8 Å². The smallest absolute Gasteiger partial charge is 0.151 e. The first-order valence-electron chi connectivity index (χ1n) is 4.11. The van der Waals surface area contributed by atoms with Gasteiger partial charge in [0, 0.05) is 12.3 Å². The average Bonchev–Trinajstić information content (AvgIpc) is 2.17. The summed E-state index contributed by atoms with van der Waals surface area (Å²) in [6.07, 6.45) is 1.01. The second-order valence-electron chi connectivity index (χ2n) is 2.87. The molecule has 0 saturated heterocycles. The van der Waals surface area contributed by atoms with Crippen molar-refractivity contribution in [2.24, 2.45) is 11.7 Å². The Hall–Kier alpha value is -0.780. The zero-order chi connectivity index (χ0) is 10.3. The van der Waals surface area contributed by atoms with Gasteiger partial charge >= 0.3 is 0 Å². The van der Waals surface area contributed by atoms with Crippen molar-refractivity contribution in [3.05, 3.63) is 0 Å². The lowest BCUT2D eigenvalue weighted by Gasteiger charge is -2.08. The Morgan fingerprint density at radius 1 is 1.38 bits per heavy atom. The van der Waals surface area contributed by atoms with Crippen molar-refractivity contribution in [2.45, 2.75) is 18.9 Å². The molecule has 0 spiro atoms. The predicted molar refractivity (Wildman–Crippen MR) is 45.9 cm³/mol. The van der Waals surface area contributed by atoms with Crippen LogP contribution in [0.15, 0.2) is 0 Å². The SMILES string of the molecule is NC(CO)C(=O)CCC(C=O)CO. The molecular weight excluding hydrogens is 174 g/mol. The van der Waals surface area contributed by atoms with Crippen LogP contribution in [0, 0.1) is 5.92 Å². The number of aldehydes is 1. The van der Waals surface area contributed by atoms with Crippen molar-refractivity contribution in [3.8, 4) is 0 Å². The number of aliphatic hydroxyl groups excluding tert-OH is 2. The Labute approximate surface area is 76.5 Å². The van der Waals surface area contributed by atoms with Crippen molar-refractivity contribution >= 4 is 12.1 Å². The van der Waals surface area contributed by atoms with E-state index in [0.29, 0.717) is 6.29 Å². The maximum atomic E-state index is 11.0. The minimum atomic E-state index is -0.869. The fourth-order valence-electron chi connectivity index (χ4n) is 0.817. The highest BCUT2D eigenvalue weighted by molar-refractivity contribution is 5.84. The summed E-state index contributed by atoms with van der Waals surface area (Å²) in [6, 6.07) is -0.869. The van der Waals surface area contributed by atoms with Crippen molar-refractivity contribution in [3.63, 3.8) is 0 Å². The Bertz CT molecular complexity index is 172. The summed E-state index contributed by atoms with van der Waals surface area (Å²) in [7, 11) is 0. The molecular formula is C8H15NO4. The van der Waals surface area contributed by atoms with Gasteiger partial charge in [0.1, 0.15) is 6.29 Å². The van der Waals surface area contributed by atoms with E-state index in [1.807, 2.05) is 0 Å². The Kier molecular flexibility index (Phi) is 6.30. The number of Topliss-reactive ketones (excluding diaryl/α,β-unsaturated/α-hetero) is 1. The quantitative estimate of drug-likeness (QED) is 0.421. The number of carbonyl (C=O) groups excluding carboxylic acids is 2. The third kappa shape index (κ3) is 4.72. The second-order valence-corrected chi connectivity index (χ2v) is 2.87. The molecule has 0 heterocycles. The number of ketones is 1. The van der Waals surface area contributed by atoms with Gasteiger partial charge < -0.3 is 20.7 Å². The van der Waals surface area contributed by atoms with E-state index in [9.17, 15) is 9.59 Å². The van der Waals surface area contributed by atoms with Gasteiger partial charge in [0.25, 0.3) is 0 Å². The summed E-state index contributed by atoms with van der Waals surface area (Å²) in [5.41, 5.74) is 5.24. The molecule has 0 aliphatic heterocycles. The molecule has 0 saturated carbocycles. The van der Waals surface area contributed by atoms with Crippen LogP contribution in [0.25, 0.3) is 0 Å². The fourth-order valence-corrected chi connectivity index (χ4v) is 0.817. The van der Waals surface area contributed by atoms with E-state index >= 15 is 0 Å². The fraction of sp³-hybridized carbons (Fsp3) is 0.750. The summed E-state index contributed by atoms with van der Waals surface area (Å²) in [6.45, 7) is -0.644. The summed E-state index contributed by atoms with van der Waals surface area (Å²) >= 11 is 0. The summed E-state index contributed by atoms with van der Waals surface area (Å²) in [4.78, 5) is 21.3. The number of rotatable bonds is 7. The molecule has 5 nitrogen and oxygen atoms in total. The zero-order valence-corrected chi connectivity index (χ0v) is 7.35. The number of aliphatic hydroxyl groups is 2. The van der Waals surface area contributed by atoms with Crippen molar-refractivity contribution in [1.82, 2.24) is 0 Å². The van der Waals surface area contributed by atoms with Gasteiger partial charge in [-0.05, 0) is 6.42 Å². The zero-order valence-electron chi connectivity index (χ0n) is 7.35. The highest BCUT2D eigenvalue weighted by atomic mass is 16.3. The van der Waals surface area contributed by atoms with Gasteiger partial charge in [-0.1, -0.05) is 0 Å². The van der Waals surface area contributed by atoms with Crippen LogP contribution < -0.4 is 5.73 Å². The van der Waals surface area contributed by atoms with Gasteiger partial charge in [-0.25, -0.2) is 0 Å². The molecule has 2 atom stereocenters. The second kappa shape index (κ2) is 6.71. The van der Waals surface area contributed by atoms with E-state index in [2.05, 4.69) is 0 Å². The Morgan fingerprint density at radius 2 is 2.00 bits per heavy atom. The van der Waals surface area contributed by atoms with E-state index in [4.69, 9.17) is 15.9 Å². The van der Waals surface area contributed by atoms with Crippen molar-refractivity contribution in [2.75, 3.05) is 13.2 Å². The first kappa shape index (κ1) is 12.2. The number of carbonyl (C=O) groups is 2. The lowest BCUT2D eigenvalue weighted by molar-refractivity contribution is -0.121. The largest absolute Gasteiger partial charge is 0.396 e. The maximum absolute atomic E-state index is 11.0. The van der Waals surface area contributed by atoms with Crippen LogP contribution in [0.4, 0.5) is 0 Å². The van der Waals surface area contributed by atoms with Crippen LogP contribution in [-0.2, 0) is 9.59 Å². The molecule has 0 bridgehead atoms. The molecule has 4 N–H and O–H groups in total. The lowest BCUT2D eigenvalue weighted by Crippen LogP contribution is -2.34. The van der Waals surface area contributed by atoms with Crippen molar-refractivity contribution < 1.29 is 19.8 Å². The summed E-state index contributed by atoms with van der Waals surface area (Å²) in [5.74, 6) is -0.794. The van der Waals surface area contributed by atoms with E-state index < -0.39 is 12.0 Å². The lowest BCUT2D eigenvalue weighted by atomic mass is 10.0. The Morgan fingerprint density at radius 3 is 2.38 bits per heavy atom. The molecule has 5 heteroatoms. The maximum Gasteiger partial charge on any atom is 0.151 e. The van der Waals surface area contributed by atoms with E-state index in [0.717, 1.165) is 0 Å². The van der Waals surface area contributed by atoms with Gasteiger partial charge in [-0.15, -0.1) is 0 Å². The van der Waals surface area contributed by atoms with E-state index in [1.165, 1.54) is 0 Å². The molecule has 13 heavy (non-hydrogen) atoms. The number of hydrogen-bond donors (Lipinski definition) is 3. The topological polar surface area (TPSA) is 101 Å². The minimum absolute atomic E-state index is 0.117. The molecule has 0 aromatic rings. The monoisotopic (exact) mass is 189 g/mol. The highest BCUT2D eigenvalue weighted by Gasteiger charge is 2.14. The molecule has 2 unspecified atom stereocenters. The third-order valence-corrected chi connectivity index (χ3v) is 1.80. The van der Waals surface area contributed by atoms with Gasteiger partial charge in [-0.3, -0.25) is 4.79 Å². The number of nitrogens with two attached hydrogens (primary N) is 1. The molecule has 0 radical (unpaired) electrons. The van der Waals surface area contributed by atoms with E-state index in [1.54, 1.807) is 0 Å². The van der Waals surface area contributed by atoms with Crippen LogP contribution in [0.2, 0.25) is 0 Å². The van der Waals surface area contributed by atoms with Gasteiger partial charge in [-0.2, -0.15) is 0 Å². The molecule has 0 amide bonds. The molecule has 0 aliphatic rings. The number of hydrogen-bond acceptors (Lipinski definition) is 5. The average molecular weight is 189 g/mol. The first-order valence-corrected chi connectivity index (χ1v) is 4.11. The third-order valence-electron chi connectivity index (χ3n) is 1.80. The summed E-state index contributed by atoms with van der Waals surface area (Å²) < 4.78 is 0. The minimum Gasteiger partial charge on any atom is -0.396 e. The van der Waals surface area contributed by atoms with Crippen LogP contribution in [0.1, 0.15) is 12.8 Å². The normalized spacial score (nSPS) is 15.0. The molecule has 76 valence electrons. The van der Waals surface area contributed by atoms with Crippen LogP contribution >= 0.6 is 0 Å². The van der Waals surface area contributed by atoms with Gasteiger partial charge in [0.2, 0.25) is 0 Å². The first-order chi connectivity index (χ1) is 6.15. The van der Waals surface area contributed by atoms with Gasteiger partial charge in [0.15, 0.2) is 5.78 Å². The molecule has 0 aromatic carbocycles.